The number of hydrogen-bond donors (Lipinski definition) is 2. The Kier molecular flexibility index (Phi) is 6.50. The second-order valence-electron chi connectivity index (χ2n) is 6.36. The molecule has 136 valence electrons. The Morgan fingerprint density at radius 3 is 2.65 bits per heavy atom. The third-order valence-electron chi connectivity index (χ3n) is 4.50. The maximum Gasteiger partial charge on any atom is 0.191 e. The smallest absolute Gasteiger partial charge is 0.191 e. The molecule has 1 fully saturated rings. The number of piperidine rings is 1. The van der Waals surface area contributed by atoms with Crippen molar-refractivity contribution in [3.63, 3.8) is 0 Å². The van der Waals surface area contributed by atoms with E-state index in [2.05, 4.69) is 46.0 Å². The molecule has 0 bridgehead atoms. The van der Waals surface area contributed by atoms with Gasteiger partial charge in [0.15, 0.2) is 5.96 Å². The second-order valence-corrected chi connectivity index (χ2v) is 7.29. The van der Waals surface area contributed by atoms with Crippen molar-refractivity contribution in [3.05, 3.63) is 52.9 Å². The maximum absolute atomic E-state index is 8.88. The number of hydrogen-bond acceptors (Lipinski definition) is 4. The standard InChI is InChI=1S/C20H25N5S/c1-2-22-20(23-15-17-7-5-16(14-21)6-8-17)24-18-9-11-25(12-10-18)19-4-3-13-26-19/h3-8,13,18H,2,9-12,15H2,1H3,(H2,22,23,24). The van der Waals surface area contributed by atoms with Crippen LogP contribution in [-0.2, 0) is 6.54 Å². The van der Waals surface area contributed by atoms with E-state index in [1.54, 1.807) is 0 Å². The van der Waals surface area contributed by atoms with Crippen LogP contribution in [0.25, 0.3) is 0 Å². The fourth-order valence-electron chi connectivity index (χ4n) is 3.06. The number of thiophene rings is 1. The highest BCUT2D eigenvalue weighted by Gasteiger charge is 2.20. The van der Waals surface area contributed by atoms with E-state index < -0.39 is 0 Å². The van der Waals surface area contributed by atoms with E-state index in [9.17, 15) is 0 Å². The van der Waals surface area contributed by atoms with E-state index in [0.29, 0.717) is 18.2 Å². The quantitative estimate of drug-likeness (QED) is 0.628. The summed E-state index contributed by atoms with van der Waals surface area (Å²) < 4.78 is 0. The molecule has 6 heteroatoms. The van der Waals surface area contributed by atoms with Crippen molar-refractivity contribution < 1.29 is 0 Å². The number of nitrogens with zero attached hydrogens (tertiary/aromatic N) is 3. The number of anilines is 1. The molecule has 0 unspecified atom stereocenters. The van der Waals surface area contributed by atoms with Gasteiger partial charge in [0.05, 0.1) is 23.2 Å². The Labute approximate surface area is 159 Å². The third-order valence-corrected chi connectivity index (χ3v) is 5.43. The van der Waals surface area contributed by atoms with Gasteiger partial charge in [0.1, 0.15) is 0 Å². The molecule has 0 amide bonds. The van der Waals surface area contributed by atoms with Gasteiger partial charge in [0, 0.05) is 25.7 Å². The highest BCUT2D eigenvalue weighted by molar-refractivity contribution is 7.14. The first-order chi connectivity index (χ1) is 12.8. The molecule has 1 aromatic heterocycles. The Morgan fingerprint density at radius 1 is 1.27 bits per heavy atom. The molecule has 0 radical (unpaired) electrons. The van der Waals surface area contributed by atoms with Crippen molar-refractivity contribution in [3.8, 4) is 6.07 Å². The Balaban J connectivity index is 1.53. The number of aliphatic imine (C=N–C) groups is 1. The van der Waals surface area contributed by atoms with Crippen molar-refractivity contribution in [1.29, 1.82) is 5.26 Å². The third kappa shape index (κ3) is 4.99. The summed E-state index contributed by atoms with van der Waals surface area (Å²) in [5, 5.41) is 19.3. The van der Waals surface area contributed by atoms with Gasteiger partial charge in [-0.05, 0) is 55.0 Å². The lowest BCUT2D eigenvalue weighted by atomic mass is 10.1. The topological polar surface area (TPSA) is 63.5 Å². The van der Waals surface area contributed by atoms with E-state index in [-0.39, 0.29) is 0 Å². The molecule has 1 saturated heterocycles. The molecule has 0 atom stereocenters. The van der Waals surface area contributed by atoms with Gasteiger partial charge in [-0.3, -0.25) is 0 Å². The predicted octanol–water partition coefficient (Wildman–Crippen LogP) is 3.34. The summed E-state index contributed by atoms with van der Waals surface area (Å²) in [7, 11) is 0. The molecule has 5 nitrogen and oxygen atoms in total. The van der Waals surface area contributed by atoms with Crippen molar-refractivity contribution in [2.75, 3.05) is 24.5 Å². The lowest BCUT2D eigenvalue weighted by molar-refractivity contribution is 0.463. The van der Waals surface area contributed by atoms with Gasteiger partial charge >= 0.3 is 0 Å². The highest BCUT2D eigenvalue weighted by atomic mass is 32.1. The van der Waals surface area contributed by atoms with Crippen molar-refractivity contribution >= 4 is 22.3 Å². The van der Waals surface area contributed by atoms with Crippen LogP contribution < -0.4 is 15.5 Å². The molecular weight excluding hydrogens is 342 g/mol. The summed E-state index contributed by atoms with van der Waals surface area (Å²) in [6.07, 6.45) is 2.22. The Morgan fingerprint density at radius 2 is 2.04 bits per heavy atom. The molecule has 0 spiro atoms. The molecule has 0 aliphatic carbocycles. The Bertz CT molecular complexity index is 738. The minimum Gasteiger partial charge on any atom is -0.363 e. The number of nitriles is 1. The van der Waals surface area contributed by atoms with Crippen molar-refractivity contribution in [1.82, 2.24) is 10.6 Å². The minimum atomic E-state index is 0.449. The van der Waals surface area contributed by atoms with Crippen LogP contribution >= 0.6 is 11.3 Å². The normalized spacial score (nSPS) is 15.5. The fraction of sp³-hybridized carbons (Fsp3) is 0.400. The summed E-state index contributed by atoms with van der Waals surface area (Å²) in [6.45, 7) is 5.68. The van der Waals surface area contributed by atoms with E-state index in [0.717, 1.165) is 44.0 Å². The minimum absolute atomic E-state index is 0.449. The SMILES string of the molecule is CCNC(=NCc1ccc(C#N)cc1)NC1CCN(c2cccs2)CC1. The van der Waals surface area contributed by atoms with Crippen LogP contribution in [0.1, 0.15) is 30.9 Å². The zero-order valence-electron chi connectivity index (χ0n) is 15.1. The molecular formula is C20H25N5S. The van der Waals surface area contributed by atoms with Gasteiger partial charge in [-0.1, -0.05) is 12.1 Å². The number of rotatable bonds is 5. The van der Waals surface area contributed by atoms with Crippen LogP contribution in [-0.4, -0.2) is 31.6 Å². The van der Waals surface area contributed by atoms with E-state index >= 15 is 0 Å². The average molecular weight is 368 g/mol. The van der Waals surface area contributed by atoms with Crippen molar-refractivity contribution in [2.45, 2.75) is 32.4 Å². The summed E-state index contributed by atoms with van der Waals surface area (Å²) in [6, 6.07) is 14.5. The summed E-state index contributed by atoms with van der Waals surface area (Å²) in [5.74, 6) is 0.867. The molecule has 1 aliphatic heterocycles. The van der Waals surface area contributed by atoms with Crippen LogP contribution in [0.15, 0.2) is 46.8 Å². The van der Waals surface area contributed by atoms with Crippen LogP contribution in [0.4, 0.5) is 5.00 Å². The molecule has 2 N–H and O–H groups in total. The summed E-state index contributed by atoms with van der Waals surface area (Å²) in [5.41, 5.74) is 1.79. The van der Waals surface area contributed by atoms with Crippen molar-refractivity contribution in [2.24, 2.45) is 4.99 Å². The molecule has 26 heavy (non-hydrogen) atoms. The molecule has 0 saturated carbocycles. The first kappa shape index (κ1) is 18.3. The van der Waals surface area contributed by atoms with Gasteiger partial charge in [0.2, 0.25) is 0 Å². The number of guanidine groups is 1. The molecule has 1 aromatic carbocycles. The molecule has 2 heterocycles. The number of benzene rings is 1. The Hall–Kier alpha value is -2.52. The van der Waals surface area contributed by atoms with E-state index in [1.165, 1.54) is 5.00 Å². The zero-order valence-corrected chi connectivity index (χ0v) is 15.9. The van der Waals surface area contributed by atoms with Gasteiger partial charge in [-0.2, -0.15) is 5.26 Å². The lowest BCUT2D eigenvalue weighted by Crippen LogP contribution is -2.48. The predicted molar refractivity (Wildman–Crippen MR) is 109 cm³/mol. The molecule has 1 aliphatic rings. The van der Waals surface area contributed by atoms with Crippen LogP contribution in [0.2, 0.25) is 0 Å². The average Bonchev–Trinajstić information content (AvgIpc) is 3.22. The monoisotopic (exact) mass is 367 g/mol. The fourth-order valence-corrected chi connectivity index (χ4v) is 3.85. The largest absolute Gasteiger partial charge is 0.363 e. The summed E-state index contributed by atoms with van der Waals surface area (Å²) >= 11 is 1.81. The van der Waals surface area contributed by atoms with Crippen LogP contribution in [0.5, 0.6) is 0 Å². The van der Waals surface area contributed by atoms with E-state index in [1.807, 2.05) is 35.6 Å². The van der Waals surface area contributed by atoms with Gasteiger partial charge in [-0.15, -0.1) is 11.3 Å². The van der Waals surface area contributed by atoms with E-state index in [4.69, 9.17) is 10.3 Å². The van der Waals surface area contributed by atoms with Gasteiger partial charge in [0.25, 0.3) is 0 Å². The molecule has 2 aromatic rings. The number of nitrogens with one attached hydrogen (secondary N) is 2. The highest BCUT2D eigenvalue weighted by Crippen LogP contribution is 2.24. The van der Waals surface area contributed by atoms with Crippen LogP contribution in [0, 0.1) is 11.3 Å². The first-order valence-corrected chi connectivity index (χ1v) is 9.99. The van der Waals surface area contributed by atoms with Gasteiger partial charge < -0.3 is 15.5 Å². The molecule has 3 rings (SSSR count). The zero-order chi connectivity index (χ0) is 18.2. The maximum atomic E-state index is 8.88. The summed E-state index contributed by atoms with van der Waals surface area (Å²) in [4.78, 5) is 7.16. The first-order valence-electron chi connectivity index (χ1n) is 9.11. The second kappa shape index (κ2) is 9.25. The van der Waals surface area contributed by atoms with Crippen LogP contribution in [0.3, 0.4) is 0 Å². The van der Waals surface area contributed by atoms with Gasteiger partial charge in [-0.25, -0.2) is 4.99 Å². The lowest BCUT2D eigenvalue weighted by Gasteiger charge is -2.33.